The van der Waals surface area contributed by atoms with Crippen molar-refractivity contribution in [1.82, 2.24) is 4.31 Å². The second kappa shape index (κ2) is 7.81. The number of carbonyl (C=O) groups is 1. The molecule has 2 rings (SSSR count). The third kappa shape index (κ3) is 4.37. The SMILES string of the molecule is Cc1ccc([N+](=O)[O-])cc1S(=O)(=O)N(C)CC(=O)Nc1ccccc1Cl. The highest BCUT2D eigenvalue weighted by Gasteiger charge is 2.26. The first-order valence-corrected chi connectivity index (χ1v) is 9.20. The van der Waals surface area contributed by atoms with Crippen molar-refractivity contribution in [3.05, 3.63) is 63.2 Å². The van der Waals surface area contributed by atoms with Crippen LogP contribution in [0, 0.1) is 17.0 Å². The van der Waals surface area contributed by atoms with Crippen LogP contribution in [-0.4, -0.2) is 37.1 Å². The molecule has 0 spiro atoms. The Morgan fingerprint density at radius 3 is 2.54 bits per heavy atom. The van der Waals surface area contributed by atoms with Crippen LogP contribution >= 0.6 is 11.6 Å². The van der Waals surface area contributed by atoms with Gasteiger partial charge in [-0.15, -0.1) is 0 Å². The highest BCUT2D eigenvalue weighted by molar-refractivity contribution is 7.89. The molecule has 138 valence electrons. The van der Waals surface area contributed by atoms with Gasteiger partial charge in [0.15, 0.2) is 0 Å². The first kappa shape index (κ1) is 19.8. The Balaban J connectivity index is 2.21. The molecular weight excluding hydrogens is 382 g/mol. The van der Waals surface area contributed by atoms with Gasteiger partial charge in [-0.05, 0) is 24.6 Å². The smallest absolute Gasteiger partial charge is 0.270 e. The van der Waals surface area contributed by atoms with Gasteiger partial charge < -0.3 is 5.32 Å². The minimum absolute atomic E-state index is 0.222. The number of likely N-dealkylation sites (N-methyl/N-ethyl adjacent to an activating group) is 1. The van der Waals surface area contributed by atoms with Gasteiger partial charge in [-0.2, -0.15) is 4.31 Å². The van der Waals surface area contributed by atoms with Crippen molar-refractivity contribution in [3.8, 4) is 0 Å². The number of amides is 1. The van der Waals surface area contributed by atoms with Crippen molar-refractivity contribution in [2.75, 3.05) is 18.9 Å². The number of rotatable bonds is 6. The third-order valence-corrected chi connectivity index (χ3v) is 5.86. The number of sulfonamides is 1. The zero-order chi connectivity index (χ0) is 19.5. The van der Waals surface area contributed by atoms with E-state index in [-0.39, 0.29) is 10.6 Å². The fourth-order valence-electron chi connectivity index (χ4n) is 2.19. The standard InChI is InChI=1S/C16H16ClN3O5S/c1-11-7-8-12(20(22)23)9-15(11)26(24,25)19(2)10-16(21)18-14-6-4-3-5-13(14)17/h3-9H,10H2,1-2H3,(H,18,21). The van der Waals surface area contributed by atoms with Gasteiger partial charge in [0.05, 0.1) is 27.1 Å². The summed E-state index contributed by atoms with van der Waals surface area (Å²) in [5, 5.41) is 13.7. The molecule has 0 unspecified atom stereocenters. The molecule has 1 amide bonds. The lowest BCUT2D eigenvalue weighted by atomic mass is 10.2. The number of hydrogen-bond acceptors (Lipinski definition) is 5. The van der Waals surface area contributed by atoms with E-state index in [9.17, 15) is 23.3 Å². The number of non-ortho nitro benzene ring substituents is 1. The predicted molar refractivity (Wildman–Crippen MR) is 97.7 cm³/mol. The van der Waals surface area contributed by atoms with Crippen LogP contribution in [0.15, 0.2) is 47.4 Å². The van der Waals surface area contributed by atoms with E-state index in [1.165, 1.54) is 26.1 Å². The van der Waals surface area contributed by atoms with E-state index in [1.54, 1.807) is 24.3 Å². The molecule has 0 atom stereocenters. The normalized spacial score (nSPS) is 11.4. The van der Waals surface area contributed by atoms with Crippen LogP contribution in [0.5, 0.6) is 0 Å². The number of benzene rings is 2. The second-order valence-corrected chi connectivity index (χ2v) is 7.92. The number of nitro groups is 1. The molecule has 0 aliphatic heterocycles. The lowest BCUT2D eigenvalue weighted by molar-refractivity contribution is -0.385. The van der Waals surface area contributed by atoms with Gasteiger partial charge >= 0.3 is 0 Å². The van der Waals surface area contributed by atoms with E-state index < -0.39 is 27.4 Å². The first-order valence-electron chi connectivity index (χ1n) is 7.38. The zero-order valence-corrected chi connectivity index (χ0v) is 15.5. The fourth-order valence-corrected chi connectivity index (χ4v) is 3.74. The van der Waals surface area contributed by atoms with Crippen molar-refractivity contribution in [2.45, 2.75) is 11.8 Å². The highest BCUT2D eigenvalue weighted by Crippen LogP contribution is 2.24. The number of aryl methyl sites for hydroxylation is 1. The summed E-state index contributed by atoms with van der Waals surface area (Å²) in [5.74, 6) is -0.591. The highest BCUT2D eigenvalue weighted by atomic mass is 35.5. The lowest BCUT2D eigenvalue weighted by Gasteiger charge is -2.18. The summed E-state index contributed by atoms with van der Waals surface area (Å²) < 4.78 is 26.2. The topological polar surface area (TPSA) is 110 Å². The van der Waals surface area contributed by atoms with Crippen molar-refractivity contribution in [1.29, 1.82) is 0 Å². The fraction of sp³-hybridized carbons (Fsp3) is 0.188. The Morgan fingerprint density at radius 2 is 1.92 bits per heavy atom. The molecule has 0 heterocycles. The van der Waals surface area contributed by atoms with E-state index in [1.807, 2.05) is 0 Å². The summed E-state index contributed by atoms with van der Waals surface area (Å²) in [4.78, 5) is 22.1. The molecule has 0 aliphatic carbocycles. The summed E-state index contributed by atoms with van der Waals surface area (Å²) in [6.45, 7) is 1.05. The van der Waals surface area contributed by atoms with Gasteiger partial charge in [0.2, 0.25) is 15.9 Å². The summed E-state index contributed by atoms with van der Waals surface area (Å²) in [6.07, 6.45) is 0. The maximum atomic E-state index is 12.7. The van der Waals surface area contributed by atoms with Crippen LogP contribution in [0.4, 0.5) is 11.4 Å². The molecular formula is C16H16ClN3O5S. The first-order chi connectivity index (χ1) is 12.1. The molecule has 0 bridgehead atoms. The summed E-state index contributed by atoms with van der Waals surface area (Å²) >= 11 is 5.95. The van der Waals surface area contributed by atoms with Crippen molar-refractivity contribution >= 4 is 38.9 Å². The largest absolute Gasteiger partial charge is 0.324 e. The second-order valence-electron chi connectivity index (χ2n) is 5.50. The van der Waals surface area contributed by atoms with Crippen LogP contribution < -0.4 is 5.32 Å². The molecule has 0 aromatic heterocycles. The molecule has 0 radical (unpaired) electrons. The van der Waals surface area contributed by atoms with Gasteiger partial charge in [0.1, 0.15) is 0 Å². The van der Waals surface area contributed by atoms with E-state index in [0.717, 1.165) is 10.4 Å². The minimum atomic E-state index is -4.09. The quantitative estimate of drug-likeness (QED) is 0.595. The van der Waals surface area contributed by atoms with E-state index in [2.05, 4.69) is 5.32 Å². The monoisotopic (exact) mass is 397 g/mol. The summed E-state index contributed by atoms with van der Waals surface area (Å²) in [6, 6.07) is 10.1. The zero-order valence-electron chi connectivity index (χ0n) is 14.0. The van der Waals surface area contributed by atoms with Crippen LogP contribution in [0.1, 0.15) is 5.56 Å². The van der Waals surface area contributed by atoms with Crippen LogP contribution in [-0.2, 0) is 14.8 Å². The lowest BCUT2D eigenvalue weighted by Crippen LogP contribution is -2.35. The molecule has 0 saturated heterocycles. The van der Waals surface area contributed by atoms with Crippen molar-refractivity contribution in [2.24, 2.45) is 0 Å². The maximum Gasteiger partial charge on any atom is 0.270 e. The molecule has 10 heteroatoms. The Morgan fingerprint density at radius 1 is 1.27 bits per heavy atom. The molecule has 2 aromatic carbocycles. The molecule has 0 saturated carbocycles. The van der Waals surface area contributed by atoms with E-state index >= 15 is 0 Å². The predicted octanol–water partition coefficient (Wildman–Crippen LogP) is 2.82. The number of anilines is 1. The van der Waals surface area contributed by atoms with Crippen LogP contribution in [0.25, 0.3) is 0 Å². The van der Waals surface area contributed by atoms with Gasteiger partial charge in [0.25, 0.3) is 5.69 Å². The number of carbonyl (C=O) groups excluding carboxylic acids is 1. The van der Waals surface area contributed by atoms with Gasteiger partial charge in [-0.25, -0.2) is 8.42 Å². The molecule has 2 aromatic rings. The number of nitrogens with one attached hydrogen (secondary N) is 1. The number of para-hydroxylation sites is 1. The Bertz CT molecular complexity index is 962. The van der Waals surface area contributed by atoms with Crippen molar-refractivity contribution < 1.29 is 18.1 Å². The Kier molecular flexibility index (Phi) is 5.96. The van der Waals surface area contributed by atoms with Gasteiger partial charge in [0, 0.05) is 19.2 Å². The van der Waals surface area contributed by atoms with Crippen LogP contribution in [0.3, 0.4) is 0 Å². The Labute approximate surface area is 155 Å². The third-order valence-electron chi connectivity index (χ3n) is 3.58. The van der Waals surface area contributed by atoms with E-state index in [4.69, 9.17) is 11.6 Å². The number of nitro benzene ring substituents is 1. The average molecular weight is 398 g/mol. The van der Waals surface area contributed by atoms with E-state index in [0.29, 0.717) is 16.3 Å². The molecule has 26 heavy (non-hydrogen) atoms. The Hall–Kier alpha value is -2.49. The molecule has 0 fully saturated rings. The van der Waals surface area contributed by atoms with Gasteiger partial charge in [-0.1, -0.05) is 29.8 Å². The summed E-state index contributed by atoms with van der Waals surface area (Å²) in [5.41, 5.74) is 0.355. The molecule has 8 nitrogen and oxygen atoms in total. The van der Waals surface area contributed by atoms with Crippen molar-refractivity contribution in [3.63, 3.8) is 0 Å². The molecule has 1 N–H and O–H groups in total. The number of nitrogens with zero attached hydrogens (tertiary/aromatic N) is 2. The van der Waals surface area contributed by atoms with Gasteiger partial charge in [-0.3, -0.25) is 14.9 Å². The average Bonchev–Trinajstić information content (AvgIpc) is 2.56. The number of hydrogen-bond donors (Lipinski definition) is 1. The summed E-state index contributed by atoms with van der Waals surface area (Å²) in [7, 11) is -2.87. The molecule has 0 aliphatic rings. The maximum absolute atomic E-state index is 12.7. The minimum Gasteiger partial charge on any atom is -0.324 e. The van der Waals surface area contributed by atoms with Crippen LogP contribution in [0.2, 0.25) is 5.02 Å². The number of halogens is 1.